The van der Waals surface area contributed by atoms with Gasteiger partial charge < -0.3 is 29.0 Å². The van der Waals surface area contributed by atoms with Crippen molar-refractivity contribution in [3.05, 3.63) is 53.9 Å². The van der Waals surface area contributed by atoms with E-state index in [1.807, 2.05) is 18.2 Å². The second kappa shape index (κ2) is 16.0. The standard InChI is InChI=1S/C30H35BrN2O10/c1-17(2)28(36)43-25-18(3)41-30(38)21(16-40-29(37)20(25)15-19-9-6-5-7-10-19)33-27(35)24-26(22(39-4)12-14-32-24)42-23(34)11-8-13-31/h5-7,9-10,12,14,17-18,20-21,25H,8,11,13,15-16H2,1-4H3,(H,33,35). The summed E-state index contributed by atoms with van der Waals surface area (Å²) in [7, 11) is 1.33. The lowest BCUT2D eigenvalue weighted by molar-refractivity contribution is -0.176. The van der Waals surface area contributed by atoms with Crippen LogP contribution in [0.15, 0.2) is 42.6 Å². The summed E-state index contributed by atoms with van der Waals surface area (Å²) < 4.78 is 27.4. The summed E-state index contributed by atoms with van der Waals surface area (Å²) in [6, 6.07) is 9.01. The average Bonchev–Trinajstić information content (AvgIpc) is 3.02. The normalized spacial score (nSPS) is 20.5. The van der Waals surface area contributed by atoms with Crippen LogP contribution >= 0.6 is 15.9 Å². The van der Waals surface area contributed by atoms with E-state index in [9.17, 15) is 24.0 Å². The number of hydrogen-bond donors (Lipinski definition) is 1. The van der Waals surface area contributed by atoms with Gasteiger partial charge in [-0.05, 0) is 25.3 Å². The molecule has 0 aliphatic carbocycles. The zero-order valence-electron chi connectivity index (χ0n) is 24.4. The van der Waals surface area contributed by atoms with E-state index in [-0.39, 0.29) is 30.0 Å². The minimum absolute atomic E-state index is 0.0693. The first kappa shape index (κ1) is 33.5. The number of carbonyl (C=O) groups is 5. The summed E-state index contributed by atoms with van der Waals surface area (Å²) in [5.41, 5.74) is 0.448. The molecule has 1 N–H and O–H groups in total. The Kier molecular flexibility index (Phi) is 12.5. The van der Waals surface area contributed by atoms with Gasteiger partial charge >= 0.3 is 23.9 Å². The number of nitrogens with one attached hydrogen (secondary N) is 1. The number of pyridine rings is 1. The first-order valence-electron chi connectivity index (χ1n) is 13.8. The van der Waals surface area contributed by atoms with Gasteiger partial charge in [0.2, 0.25) is 5.75 Å². The van der Waals surface area contributed by atoms with Crippen molar-refractivity contribution in [2.75, 3.05) is 19.0 Å². The second-order valence-electron chi connectivity index (χ2n) is 10.1. The van der Waals surface area contributed by atoms with E-state index in [4.69, 9.17) is 23.7 Å². The highest BCUT2D eigenvalue weighted by Gasteiger charge is 2.42. The maximum Gasteiger partial charge on any atom is 0.332 e. The van der Waals surface area contributed by atoms with Crippen molar-refractivity contribution in [1.29, 1.82) is 0 Å². The number of hydrogen-bond acceptors (Lipinski definition) is 11. The zero-order chi connectivity index (χ0) is 31.5. The van der Waals surface area contributed by atoms with E-state index in [1.165, 1.54) is 26.3 Å². The number of methoxy groups -OCH3 is 1. The molecule has 43 heavy (non-hydrogen) atoms. The van der Waals surface area contributed by atoms with Crippen LogP contribution in [-0.2, 0) is 39.8 Å². The number of benzene rings is 1. The van der Waals surface area contributed by atoms with Crippen LogP contribution in [0.1, 0.15) is 49.7 Å². The van der Waals surface area contributed by atoms with Crippen molar-refractivity contribution in [3.63, 3.8) is 0 Å². The van der Waals surface area contributed by atoms with Gasteiger partial charge in [-0.25, -0.2) is 9.78 Å². The molecule has 1 amide bonds. The smallest absolute Gasteiger partial charge is 0.332 e. The molecule has 12 nitrogen and oxygen atoms in total. The monoisotopic (exact) mass is 662 g/mol. The molecule has 3 rings (SSSR count). The molecule has 0 saturated carbocycles. The quantitative estimate of drug-likeness (QED) is 0.214. The van der Waals surface area contributed by atoms with Gasteiger partial charge in [0.25, 0.3) is 5.91 Å². The van der Waals surface area contributed by atoms with Gasteiger partial charge in [0, 0.05) is 24.0 Å². The number of halogens is 1. The van der Waals surface area contributed by atoms with Crippen molar-refractivity contribution in [2.45, 2.75) is 58.3 Å². The van der Waals surface area contributed by atoms with E-state index < -0.39 is 66.5 Å². The predicted octanol–water partition coefficient (Wildman–Crippen LogP) is 3.18. The summed E-state index contributed by atoms with van der Waals surface area (Å²) in [6.07, 6.45) is -0.248. The summed E-state index contributed by atoms with van der Waals surface area (Å²) in [6.45, 7) is 4.21. The number of carbonyl (C=O) groups excluding carboxylic acids is 5. The van der Waals surface area contributed by atoms with Crippen molar-refractivity contribution < 1.29 is 47.7 Å². The molecule has 1 saturated heterocycles. The van der Waals surface area contributed by atoms with Crippen molar-refractivity contribution >= 4 is 45.7 Å². The topological polar surface area (TPSA) is 156 Å². The fraction of sp³-hybridized carbons (Fsp3) is 0.467. The Balaban J connectivity index is 1.88. The maximum atomic E-state index is 13.4. The van der Waals surface area contributed by atoms with Gasteiger partial charge in [-0.2, -0.15) is 0 Å². The molecule has 1 fully saturated rings. The first-order chi connectivity index (χ1) is 20.5. The number of aromatic nitrogens is 1. The highest BCUT2D eigenvalue weighted by molar-refractivity contribution is 9.09. The number of amides is 1. The zero-order valence-corrected chi connectivity index (χ0v) is 26.0. The lowest BCUT2D eigenvalue weighted by Crippen LogP contribution is -2.47. The number of cyclic esters (lactones) is 2. The van der Waals surface area contributed by atoms with E-state index in [2.05, 4.69) is 26.2 Å². The molecule has 1 aromatic carbocycles. The van der Waals surface area contributed by atoms with Crippen LogP contribution in [0.25, 0.3) is 0 Å². The summed E-state index contributed by atoms with van der Waals surface area (Å²) >= 11 is 3.24. The second-order valence-corrected chi connectivity index (χ2v) is 10.9. The van der Waals surface area contributed by atoms with Gasteiger partial charge in [-0.1, -0.05) is 60.1 Å². The van der Waals surface area contributed by atoms with Crippen LogP contribution in [0.2, 0.25) is 0 Å². The molecule has 0 bridgehead atoms. The van der Waals surface area contributed by atoms with Crippen LogP contribution in [0.4, 0.5) is 0 Å². The highest BCUT2D eigenvalue weighted by atomic mass is 79.9. The van der Waals surface area contributed by atoms with E-state index in [0.29, 0.717) is 11.8 Å². The van der Waals surface area contributed by atoms with Crippen molar-refractivity contribution in [2.24, 2.45) is 11.8 Å². The molecule has 1 aliphatic heterocycles. The van der Waals surface area contributed by atoms with E-state index in [1.54, 1.807) is 26.0 Å². The molecule has 13 heteroatoms. The SMILES string of the molecule is COc1ccnc(C(=O)NC2COC(=O)C(Cc3ccccc3)C(OC(=O)C(C)C)C(C)OC2=O)c1OC(=O)CCCBr. The number of esters is 4. The Labute approximate surface area is 257 Å². The van der Waals surface area contributed by atoms with Gasteiger partial charge in [0.15, 0.2) is 23.6 Å². The Hall–Kier alpha value is -4.00. The van der Waals surface area contributed by atoms with Gasteiger partial charge in [-0.3, -0.25) is 19.2 Å². The number of ether oxygens (including phenoxy) is 5. The fourth-order valence-corrected chi connectivity index (χ4v) is 4.49. The largest absolute Gasteiger partial charge is 0.493 e. The van der Waals surface area contributed by atoms with Crippen molar-refractivity contribution in [3.8, 4) is 11.5 Å². The average molecular weight is 664 g/mol. The minimum atomic E-state index is -1.46. The Morgan fingerprint density at radius 1 is 1.12 bits per heavy atom. The van der Waals surface area contributed by atoms with E-state index in [0.717, 1.165) is 5.56 Å². The van der Waals surface area contributed by atoms with Gasteiger partial charge in [0.1, 0.15) is 18.6 Å². The molecule has 1 aromatic heterocycles. The lowest BCUT2D eigenvalue weighted by atomic mass is 9.91. The van der Waals surface area contributed by atoms with Crippen LogP contribution in [0, 0.1) is 11.8 Å². The molecule has 0 radical (unpaired) electrons. The molecule has 4 atom stereocenters. The summed E-state index contributed by atoms with van der Waals surface area (Å²) in [5, 5.41) is 3.03. The Bertz CT molecular complexity index is 1300. The molecule has 0 spiro atoms. The maximum absolute atomic E-state index is 13.4. The minimum Gasteiger partial charge on any atom is -0.493 e. The third-order valence-corrected chi connectivity index (χ3v) is 7.06. The Morgan fingerprint density at radius 2 is 1.84 bits per heavy atom. The lowest BCUT2D eigenvalue weighted by Gasteiger charge is -2.29. The molecule has 1 aliphatic rings. The third-order valence-electron chi connectivity index (χ3n) is 6.50. The molecule has 4 unspecified atom stereocenters. The molecular formula is C30H35BrN2O10. The predicted molar refractivity (Wildman–Crippen MR) is 156 cm³/mol. The van der Waals surface area contributed by atoms with Gasteiger partial charge in [0.05, 0.1) is 13.0 Å². The summed E-state index contributed by atoms with van der Waals surface area (Å²) in [4.78, 5) is 68.9. The number of alkyl halides is 1. The van der Waals surface area contributed by atoms with Crippen LogP contribution in [-0.4, -0.2) is 72.1 Å². The van der Waals surface area contributed by atoms with Gasteiger partial charge in [-0.15, -0.1) is 0 Å². The Morgan fingerprint density at radius 3 is 2.49 bits per heavy atom. The highest BCUT2D eigenvalue weighted by Crippen LogP contribution is 2.30. The van der Waals surface area contributed by atoms with Crippen LogP contribution < -0.4 is 14.8 Å². The molecule has 2 heterocycles. The van der Waals surface area contributed by atoms with Crippen LogP contribution in [0.3, 0.4) is 0 Å². The number of nitrogens with zero attached hydrogens (tertiary/aromatic N) is 1. The fourth-order valence-electron chi connectivity index (χ4n) is 4.20. The molecular weight excluding hydrogens is 628 g/mol. The molecule has 232 valence electrons. The van der Waals surface area contributed by atoms with Crippen molar-refractivity contribution in [1.82, 2.24) is 10.3 Å². The molecule has 2 aromatic rings. The number of rotatable bonds is 11. The summed E-state index contributed by atoms with van der Waals surface area (Å²) in [5.74, 6) is -5.44. The van der Waals surface area contributed by atoms with E-state index >= 15 is 0 Å². The van der Waals surface area contributed by atoms with Crippen LogP contribution in [0.5, 0.6) is 11.5 Å². The third kappa shape index (κ3) is 9.24. The first-order valence-corrected chi connectivity index (χ1v) is 14.9.